The van der Waals surface area contributed by atoms with Crippen molar-refractivity contribution in [2.45, 2.75) is 6.54 Å². The van der Waals surface area contributed by atoms with Gasteiger partial charge in [0.25, 0.3) is 0 Å². The van der Waals surface area contributed by atoms with Crippen molar-refractivity contribution in [2.24, 2.45) is 0 Å². The highest BCUT2D eigenvalue weighted by Gasteiger charge is 2.07. The van der Waals surface area contributed by atoms with Gasteiger partial charge in [0.15, 0.2) is 11.5 Å². The fourth-order valence-electron chi connectivity index (χ4n) is 2.03. The van der Waals surface area contributed by atoms with Crippen LogP contribution in [0.3, 0.4) is 0 Å². The molecule has 2 amide bonds. The Bertz CT molecular complexity index is 728. The number of aromatic carboxylic acids is 1. The first-order valence-electron chi connectivity index (χ1n) is 7.10. The van der Waals surface area contributed by atoms with Crippen LogP contribution in [0.1, 0.15) is 15.9 Å². The van der Waals surface area contributed by atoms with Gasteiger partial charge in [-0.3, -0.25) is 0 Å². The van der Waals surface area contributed by atoms with Crippen molar-refractivity contribution in [3.05, 3.63) is 53.6 Å². The Morgan fingerprint density at radius 3 is 2.25 bits per heavy atom. The maximum Gasteiger partial charge on any atom is 0.319 e. The Balaban J connectivity index is 1.92. The molecule has 126 valence electrons. The van der Waals surface area contributed by atoms with Crippen LogP contribution >= 0.6 is 0 Å². The molecule has 0 saturated carbocycles. The maximum absolute atomic E-state index is 11.9. The third kappa shape index (κ3) is 4.39. The topological polar surface area (TPSA) is 99.7 Å². The first-order valence-corrected chi connectivity index (χ1v) is 7.10. The summed E-state index contributed by atoms with van der Waals surface area (Å²) in [5, 5.41) is 16.0. The van der Waals surface area contributed by atoms with Crippen LogP contribution in [0, 0.1) is 0 Å². The largest absolute Gasteiger partial charge is 0.545 e. The molecule has 7 heteroatoms. The van der Waals surface area contributed by atoms with Crippen LogP contribution in [-0.2, 0) is 6.54 Å². The number of urea groups is 1. The molecule has 24 heavy (non-hydrogen) atoms. The minimum absolute atomic E-state index is 0.0912. The van der Waals surface area contributed by atoms with Crippen molar-refractivity contribution < 1.29 is 24.2 Å². The molecule has 2 aromatic rings. The number of ether oxygens (including phenoxy) is 2. The monoisotopic (exact) mass is 329 g/mol. The van der Waals surface area contributed by atoms with Crippen LogP contribution in [0.25, 0.3) is 0 Å². The Kier molecular flexibility index (Phi) is 5.62. The van der Waals surface area contributed by atoms with Gasteiger partial charge in [-0.15, -0.1) is 0 Å². The van der Waals surface area contributed by atoms with Crippen LogP contribution in [0.5, 0.6) is 11.5 Å². The molecular weight excluding hydrogens is 312 g/mol. The van der Waals surface area contributed by atoms with Gasteiger partial charge in [0.05, 0.1) is 20.2 Å². The van der Waals surface area contributed by atoms with Crippen LogP contribution in [-0.4, -0.2) is 26.2 Å². The normalized spacial score (nSPS) is 9.92. The van der Waals surface area contributed by atoms with E-state index in [1.807, 2.05) is 0 Å². The second-order valence-electron chi connectivity index (χ2n) is 4.86. The van der Waals surface area contributed by atoms with E-state index in [2.05, 4.69) is 10.6 Å². The Morgan fingerprint density at radius 1 is 1.00 bits per heavy atom. The number of anilines is 1. The summed E-state index contributed by atoms with van der Waals surface area (Å²) in [5.74, 6) is -0.162. The molecule has 0 unspecified atom stereocenters. The molecule has 0 aromatic heterocycles. The smallest absolute Gasteiger partial charge is 0.319 e. The summed E-state index contributed by atoms with van der Waals surface area (Å²) in [5.41, 5.74) is 1.41. The lowest BCUT2D eigenvalue weighted by molar-refractivity contribution is -0.255. The molecule has 0 aliphatic carbocycles. The van der Waals surface area contributed by atoms with Gasteiger partial charge in [0, 0.05) is 18.3 Å². The lowest BCUT2D eigenvalue weighted by Gasteiger charge is -2.11. The standard InChI is InChI=1S/C17H18N2O5/c1-23-14-8-7-13(9-15(14)24-2)19-17(22)18-10-11-3-5-12(6-4-11)16(20)21/h3-9H,10H2,1-2H3,(H,20,21)(H2,18,19,22)/p-1. The number of benzene rings is 2. The highest BCUT2D eigenvalue weighted by molar-refractivity contribution is 5.89. The lowest BCUT2D eigenvalue weighted by atomic mass is 10.1. The summed E-state index contributed by atoms with van der Waals surface area (Å²) in [6, 6.07) is 10.7. The molecule has 0 fully saturated rings. The molecule has 2 aromatic carbocycles. The average Bonchev–Trinajstić information content (AvgIpc) is 2.60. The number of carbonyl (C=O) groups excluding carboxylic acids is 2. The number of methoxy groups -OCH3 is 2. The zero-order chi connectivity index (χ0) is 17.5. The van der Waals surface area contributed by atoms with Crippen molar-refractivity contribution in [2.75, 3.05) is 19.5 Å². The highest BCUT2D eigenvalue weighted by Crippen LogP contribution is 2.29. The summed E-state index contributed by atoms with van der Waals surface area (Å²) < 4.78 is 10.3. The molecule has 0 saturated heterocycles. The summed E-state index contributed by atoms with van der Waals surface area (Å²) in [6.07, 6.45) is 0. The molecule has 0 radical (unpaired) electrons. The summed E-state index contributed by atoms with van der Waals surface area (Å²) in [6.45, 7) is 0.256. The fourth-order valence-corrected chi connectivity index (χ4v) is 2.03. The zero-order valence-corrected chi connectivity index (χ0v) is 13.3. The highest BCUT2D eigenvalue weighted by atomic mass is 16.5. The van der Waals surface area contributed by atoms with Crippen LogP contribution in [0.15, 0.2) is 42.5 Å². The van der Waals surface area contributed by atoms with Crippen molar-refractivity contribution in [1.29, 1.82) is 0 Å². The summed E-state index contributed by atoms with van der Waals surface area (Å²) >= 11 is 0. The Labute approximate surface area is 139 Å². The van der Waals surface area contributed by atoms with E-state index in [4.69, 9.17) is 9.47 Å². The zero-order valence-electron chi connectivity index (χ0n) is 13.3. The SMILES string of the molecule is COc1ccc(NC(=O)NCc2ccc(C(=O)[O-])cc2)cc1OC. The molecule has 0 aliphatic rings. The van der Waals surface area contributed by atoms with Gasteiger partial charge in [0.2, 0.25) is 0 Å². The van der Waals surface area contributed by atoms with E-state index in [0.29, 0.717) is 17.2 Å². The van der Waals surface area contributed by atoms with Gasteiger partial charge in [-0.25, -0.2) is 4.79 Å². The minimum Gasteiger partial charge on any atom is -0.545 e. The van der Waals surface area contributed by atoms with Gasteiger partial charge in [0.1, 0.15) is 0 Å². The average molecular weight is 329 g/mol. The van der Waals surface area contributed by atoms with E-state index in [0.717, 1.165) is 5.56 Å². The molecule has 0 heterocycles. The van der Waals surface area contributed by atoms with Crippen molar-refractivity contribution >= 4 is 17.7 Å². The number of rotatable bonds is 6. The molecule has 2 N–H and O–H groups in total. The number of carboxylic acid groups (broad SMARTS) is 1. The van der Waals surface area contributed by atoms with Gasteiger partial charge < -0.3 is 30.0 Å². The predicted octanol–water partition coefficient (Wildman–Crippen LogP) is 1.39. The van der Waals surface area contributed by atoms with Crippen LogP contribution in [0.4, 0.5) is 10.5 Å². The van der Waals surface area contributed by atoms with E-state index < -0.39 is 12.0 Å². The van der Waals surface area contributed by atoms with E-state index in [-0.39, 0.29) is 12.1 Å². The van der Waals surface area contributed by atoms with Gasteiger partial charge >= 0.3 is 6.03 Å². The second-order valence-corrected chi connectivity index (χ2v) is 4.86. The van der Waals surface area contributed by atoms with E-state index in [1.54, 1.807) is 30.3 Å². The first-order chi connectivity index (χ1) is 11.5. The van der Waals surface area contributed by atoms with Gasteiger partial charge in [-0.1, -0.05) is 24.3 Å². The van der Waals surface area contributed by atoms with E-state index in [9.17, 15) is 14.7 Å². The fraction of sp³-hybridized carbons (Fsp3) is 0.176. The molecular formula is C17H17N2O5-. The van der Waals surface area contributed by atoms with E-state index >= 15 is 0 Å². The summed E-state index contributed by atoms with van der Waals surface area (Å²) in [4.78, 5) is 22.6. The summed E-state index contributed by atoms with van der Waals surface area (Å²) in [7, 11) is 3.04. The first kappa shape index (κ1) is 17.1. The number of hydrogen-bond donors (Lipinski definition) is 2. The number of amides is 2. The molecule has 2 rings (SSSR count). The quantitative estimate of drug-likeness (QED) is 0.834. The molecule has 0 aliphatic heterocycles. The third-order valence-electron chi connectivity index (χ3n) is 3.28. The molecule has 0 spiro atoms. The predicted molar refractivity (Wildman–Crippen MR) is 86.2 cm³/mol. The Hall–Kier alpha value is -3.22. The van der Waals surface area contributed by atoms with Crippen LogP contribution < -0.4 is 25.2 Å². The van der Waals surface area contributed by atoms with Gasteiger partial charge in [-0.05, 0) is 23.3 Å². The number of nitrogens with one attached hydrogen (secondary N) is 2. The number of carboxylic acids is 1. The molecule has 0 atom stereocenters. The van der Waals surface area contributed by atoms with Crippen molar-refractivity contribution in [1.82, 2.24) is 5.32 Å². The van der Waals surface area contributed by atoms with Crippen molar-refractivity contribution in [3.63, 3.8) is 0 Å². The molecule has 0 bridgehead atoms. The van der Waals surface area contributed by atoms with Crippen molar-refractivity contribution in [3.8, 4) is 11.5 Å². The van der Waals surface area contributed by atoms with Gasteiger partial charge in [-0.2, -0.15) is 0 Å². The second kappa shape index (κ2) is 7.87. The lowest BCUT2D eigenvalue weighted by Crippen LogP contribution is -2.28. The number of hydrogen-bond acceptors (Lipinski definition) is 5. The minimum atomic E-state index is -1.24. The number of carbonyl (C=O) groups is 2. The van der Waals surface area contributed by atoms with Crippen LogP contribution in [0.2, 0.25) is 0 Å². The van der Waals surface area contributed by atoms with E-state index in [1.165, 1.54) is 26.4 Å². The molecule has 7 nitrogen and oxygen atoms in total. The Morgan fingerprint density at radius 2 is 1.67 bits per heavy atom. The third-order valence-corrected chi connectivity index (χ3v) is 3.28. The maximum atomic E-state index is 11.9.